The Morgan fingerprint density at radius 1 is 1.21 bits per heavy atom. The normalized spacial score (nSPS) is 10.2. The molecule has 24 heavy (non-hydrogen) atoms. The number of methoxy groups -OCH3 is 1. The van der Waals surface area contributed by atoms with Crippen molar-refractivity contribution in [3.05, 3.63) is 52.8 Å². The van der Waals surface area contributed by atoms with Crippen molar-refractivity contribution in [2.45, 2.75) is 0 Å². The molecule has 0 saturated carbocycles. The van der Waals surface area contributed by atoms with Crippen molar-refractivity contribution in [3.8, 4) is 11.5 Å². The molecule has 0 aliphatic rings. The zero-order valence-corrected chi connectivity index (χ0v) is 15.0. The van der Waals surface area contributed by atoms with Gasteiger partial charge in [-0.25, -0.2) is 9.18 Å². The first-order valence-corrected chi connectivity index (χ1v) is 8.03. The van der Waals surface area contributed by atoms with Crippen LogP contribution in [0.5, 0.6) is 11.5 Å². The van der Waals surface area contributed by atoms with Crippen molar-refractivity contribution in [1.82, 2.24) is 4.90 Å². The van der Waals surface area contributed by atoms with Crippen LogP contribution in [0.1, 0.15) is 0 Å². The molecule has 2 amide bonds. The molecule has 0 atom stereocenters. The van der Waals surface area contributed by atoms with E-state index in [-0.39, 0.29) is 11.8 Å². The Kier molecular flexibility index (Phi) is 6.43. The summed E-state index contributed by atoms with van der Waals surface area (Å²) in [5.74, 6) is 1.08. The second kappa shape index (κ2) is 8.54. The molecule has 0 aliphatic heterocycles. The van der Waals surface area contributed by atoms with Crippen molar-refractivity contribution in [2.24, 2.45) is 0 Å². The highest BCUT2D eigenvalue weighted by Crippen LogP contribution is 2.23. The maximum Gasteiger partial charge on any atom is 0.321 e. The van der Waals surface area contributed by atoms with Gasteiger partial charge in [0.2, 0.25) is 0 Å². The van der Waals surface area contributed by atoms with Crippen LogP contribution in [0.4, 0.5) is 14.9 Å². The van der Waals surface area contributed by atoms with Crippen LogP contribution in [0.2, 0.25) is 0 Å². The number of urea groups is 1. The van der Waals surface area contributed by atoms with Crippen LogP contribution in [0.25, 0.3) is 0 Å². The van der Waals surface area contributed by atoms with E-state index in [0.717, 1.165) is 5.75 Å². The SMILES string of the molecule is COc1ccc(OCCN(C)C(=O)Nc2ccc(F)cc2Br)cc1. The summed E-state index contributed by atoms with van der Waals surface area (Å²) in [5, 5.41) is 2.70. The van der Waals surface area contributed by atoms with Gasteiger partial charge in [0, 0.05) is 11.5 Å². The van der Waals surface area contributed by atoms with Crippen molar-refractivity contribution in [1.29, 1.82) is 0 Å². The number of benzene rings is 2. The van der Waals surface area contributed by atoms with Gasteiger partial charge in [-0.15, -0.1) is 0 Å². The van der Waals surface area contributed by atoms with Crippen LogP contribution in [-0.2, 0) is 0 Å². The summed E-state index contributed by atoms with van der Waals surface area (Å²) in [4.78, 5) is 13.6. The smallest absolute Gasteiger partial charge is 0.321 e. The third-order valence-corrected chi connectivity index (χ3v) is 3.93. The number of anilines is 1. The first-order chi connectivity index (χ1) is 11.5. The topological polar surface area (TPSA) is 50.8 Å². The van der Waals surface area contributed by atoms with E-state index in [9.17, 15) is 9.18 Å². The van der Waals surface area contributed by atoms with Crippen molar-refractivity contribution in [2.75, 3.05) is 32.6 Å². The first-order valence-electron chi connectivity index (χ1n) is 7.23. The predicted molar refractivity (Wildman–Crippen MR) is 94.2 cm³/mol. The molecule has 0 radical (unpaired) electrons. The van der Waals surface area contributed by atoms with Gasteiger partial charge < -0.3 is 19.7 Å². The minimum absolute atomic E-state index is 0.305. The van der Waals surface area contributed by atoms with Gasteiger partial charge in [0.1, 0.15) is 23.9 Å². The van der Waals surface area contributed by atoms with E-state index in [1.54, 1.807) is 38.4 Å². The second-order valence-electron chi connectivity index (χ2n) is 5.00. The molecule has 5 nitrogen and oxygen atoms in total. The van der Waals surface area contributed by atoms with Crippen molar-refractivity contribution < 1.29 is 18.7 Å². The number of halogens is 2. The van der Waals surface area contributed by atoms with E-state index < -0.39 is 0 Å². The summed E-state index contributed by atoms with van der Waals surface area (Å²) in [5.41, 5.74) is 0.504. The lowest BCUT2D eigenvalue weighted by molar-refractivity contribution is 0.207. The lowest BCUT2D eigenvalue weighted by atomic mass is 10.3. The summed E-state index contributed by atoms with van der Waals surface area (Å²) in [6.45, 7) is 0.748. The van der Waals surface area contributed by atoms with Crippen LogP contribution in [-0.4, -0.2) is 38.2 Å². The van der Waals surface area contributed by atoms with Crippen molar-refractivity contribution in [3.63, 3.8) is 0 Å². The molecule has 0 aromatic heterocycles. The van der Waals surface area contributed by atoms with Crippen molar-refractivity contribution >= 4 is 27.6 Å². The molecule has 0 bridgehead atoms. The largest absolute Gasteiger partial charge is 0.497 e. The molecule has 128 valence electrons. The number of ether oxygens (including phenoxy) is 2. The highest BCUT2D eigenvalue weighted by molar-refractivity contribution is 9.10. The minimum atomic E-state index is -0.374. The zero-order chi connectivity index (χ0) is 17.5. The molecule has 2 rings (SSSR count). The number of rotatable bonds is 6. The third kappa shape index (κ3) is 5.13. The number of nitrogens with one attached hydrogen (secondary N) is 1. The summed E-state index contributed by atoms with van der Waals surface area (Å²) in [6.07, 6.45) is 0. The molecule has 7 heteroatoms. The fraction of sp³-hybridized carbons (Fsp3) is 0.235. The van der Waals surface area contributed by atoms with E-state index >= 15 is 0 Å². The number of nitrogens with zero attached hydrogens (tertiary/aromatic N) is 1. The van der Waals surface area contributed by atoms with E-state index in [0.29, 0.717) is 29.1 Å². The Morgan fingerprint density at radius 2 is 1.88 bits per heavy atom. The van der Waals surface area contributed by atoms with Crippen LogP contribution in [0.15, 0.2) is 46.9 Å². The Bertz CT molecular complexity index is 695. The van der Waals surface area contributed by atoms with E-state index in [2.05, 4.69) is 21.2 Å². The first kappa shape index (κ1) is 18.1. The van der Waals surface area contributed by atoms with Crippen LogP contribution < -0.4 is 14.8 Å². The third-order valence-electron chi connectivity index (χ3n) is 3.27. The molecule has 0 heterocycles. The molecular weight excluding hydrogens is 379 g/mol. The molecule has 0 unspecified atom stereocenters. The van der Waals surface area contributed by atoms with Gasteiger partial charge in [-0.1, -0.05) is 0 Å². The van der Waals surface area contributed by atoms with Gasteiger partial charge >= 0.3 is 6.03 Å². The molecule has 0 fully saturated rings. The average Bonchev–Trinajstić information content (AvgIpc) is 2.57. The maximum absolute atomic E-state index is 13.0. The standard InChI is InChI=1S/C17H18BrFN2O3/c1-21(9-10-24-14-6-4-13(23-2)5-7-14)17(22)20-16-8-3-12(19)11-15(16)18/h3-8,11H,9-10H2,1-2H3,(H,20,22). The van der Waals surface area contributed by atoms with E-state index in [1.807, 2.05) is 0 Å². The molecule has 2 aromatic rings. The number of carbonyl (C=O) groups is 1. The van der Waals surface area contributed by atoms with E-state index in [4.69, 9.17) is 9.47 Å². The van der Waals surface area contributed by atoms with Crippen LogP contribution in [0, 0.1) is 5.82 Å². The predicted octanol–water partition coefficient (Wildman–Crippen LogP) is 4.14. The monoisotopic (exact) mass is 396 g/mol. The Labute approximate surface area is 148 Å². The Balaban J connectivity index is 1.80. The summed E-state index contributed by atoms with van der Waals surface area (Å²) in [6, 6.07) is 11.0. The molecule has 0 spiro atoms. The second-order valence-corrected chi connectivity index (χ2v) is 5.85. The van der Waals surface area contributed by atoms with Gasteiger partial charge in [0.05, 0.1) is 19.3 Å². The lowest BCUT2D eigenvalue weighted by Gasteiger charge is -2.18. The fourth-order valence-corrected chi connectivity index (χ4v) is 2.33. The highest BCUT2D eigenvalue weighted by atomic mass is 79.9. The van der Waals surface area contributed by atoms with Crippen LogP contribution in [0.3, 0.4) is 0 Å². The van der Waals surface area contributed by atoms with E-state index in [1.165, 1.54) is 23.1 Å². The number of likely N-dealkylation sites (N-methyl/N-ethyl adjacent to an activating group) is 1. The summed E-state index contributed by atoms with van der Waals surface area (Å²) < 4.78 is 24.2. The quantitative estimate of drug-likeness (QED) is 0.797. The maximum atomic E-state index is 13.0. The Morgan fingerprint density at radius 3 is 2.50 bits per heavy atom. The number of amides is 2. The van der Waals surface area contributed by atoms with Gasteiger partial charge in [0.25, 0.3) is 0 Å². The summed E-state index contributed by atoms with van der Waals surface area (Å²) in [7, 11) is 3.26. The zero-order valence-electron chi connectivity index (χ0n) is 13.4. The van der Waals surface area contributed by atoms with Crippen LogP contribution >= 0.6 is 15.9 Å². The number of hydrogen-bond donors (Lipinski definition) is 1. The average molecular weight is 397 g/mol. The van der Waals surface area contributed by atoms with Gasteiger partial charge in [-0.05, 0) is 58.4 Å². The molecular formula is C17H18BrFN2O3. The van der Waals surface area contributed by atoms with Gasteiger partial charge in [-0.2, -0.15) is 0 Å². The number of carbonyl (C=O) groups excluding carboxylic acids is 1. The summed E-state index contributed by atoms with van der Waals surface area (Å²) >= 11 is 3.21. The van der Waals surface area contributed by atoms with Gasteiger partial charge in [-0.3, -0.25) is 0 Å². The lowest BCUT2D eigenvalue weighted by Crippen LogP contribution is -2.34. The molecule has 0 saturated heterocycles. The minimum Gasteiger partial charge on any atom is -0.497 e. The number of hydrogen-bond acceptors (Lipinski definition) is 3. The fourth-order valence-electron chi connectivity index (χ4n) is 1.88. The molecule has 0 aliphatic carbocycles. The molecule has 2 aromatic carbocycles. The highest BCUT2D eigenvalue weighted by Gasteiger charge is 2.11. The van der Waals surface area contributed by atoms with Gasteiger partial charge in [0.15, 0.2) is 0 Å². The molecule has 1 N–H and O–H groups in total. The Hall–Kier alpha value is -2.28.